The highest BCUT2D eigenvalue weighted by molar-refractivity contribution is 5.80. The number of piperazine rings is 1. The van der Waals surface area contributed by atoms with Gasteiger partial charge in [-0.2, -0.15) is 0 Å². The van der Waals surface area contributed by atoms with Crippen molar-refractivity contribution in [1.29, 1.82) is 0 Å². The van der Waals surface area contributed by atoms with Crippen LogP contribution in [0.2, 0.25) is 0 Å². The molecule has 0 aromatic rings. The number of terminal acetylenes is 1. The maximum Gasteiger partial charge on any atom is 0.323 e. The van der Waals surface area contributed by atoms with Crippen molar-refractivity contribution in [3.05, 3.63) is 0 Å². The van der Waals surface area contributed by atoms with Crippen LogP contribution < -0.4 is 0 Å². The first-order valence-electron chi connectivity index (χ1n) is 6.00. The lowest BCUT2D eigenvalue weighted by molar-refractivity contribution is -0.137. The van der Waals surface area contributed by atoms with Gasteiger partial charge in [-0.3, -0.25) is 4.79 Å². The van der Waals surface area contributed by atoms with Gasteiger partial charge in [-0.15, -0.1) is 6.42 Å². The Morgan fingerprint density at radius 1 is 1.33 bits per heavy atom. The van der Waals surface area contributed by atoms with E-state index in [4.69, 9.17) is 11.5 Å². The number of carbonyl (C=O) groups excluding carboxylic acids is 1. The molecule has 1 saturated heterocycles. The van der Waals surface area contributed by atoms with Gasteiger partial charge >= 0.3 is 12.0 Å². The van der Waals surface area contributed by atoms with E-state index in [1.165, 1.54) is 4.90 Å². The second-order valence-corrected chi connectivity index (χ2v) is 4.16. The lowest BCUT2D eigenvalue weighted by Crippen LogP contribution is -2.53. The van der Waals surface area contributed by atoms with Crippen LogP contribution in [0.25, 0.3) is 0 Å². The van der Waals surface area contributed by atoms with E-state index < -0.39 is 5.97 Å². The van der Waals surface area contributed by atoms with Crippen LogP contribution in [-0.2, 0) is 4.79 Å². The summed E-state index contributed by atoms with van der Waals surface area (Å²) >= 11 is 0. The zero-order valence-electron chi connectivity index (χ0n) is 10.6. The number of rotatable bonds is 4. The first-order chi connectivity index (χ1) is 8.58. The van der Waals surface area contributed by atoms with Gasteiger partial charge in [0, 0.05) is 26.2 Å². The van der Waals surface area contributed by atoms with Crippen molar-refractivity contribution >= 4 is 12.0 Å². The third kappa shape index (κ3) is 3.93. The number of likely N-dealkylation sites (N-methyl/N-ethyl adjacent to an activating group) is 1. The maximum atomic E-state index is 12.1. The van der Waals surface area contributed by atoms with Crippen molar-refractivity contribution in [2.45, 2.75) is 6.92 Å². The van der Waals surface area contributed by atoms with Crippen LogP contribution >= 0.6 is 0 Å². The molecule has 1 heterocycles. The molecule has 1 rings (SSSR count). The van der Waals surface area contributed by atoms with Crippen molar-refractivity contribution in [3.8, 4) is 12.3 Å². The van der Waals surface area contributed by atoms with E-state index in [-0.39, 0.29) is 19.1 Å². The molecule has 18 heavy (non-hydrogen) atoms. The summed E-state index contributed by atoms with van der Waals surface area (Å²) in [6, 6.07) is -0.286. The lowest BCUT2D eigenvalue weighted by atomic mass is 10.3. The van der Waals surface area contributed by atoms with Gasteiger partial charge in [0.2, 0.25) is 0 Å². The SMILES string of the molecule is C#CCN(CC(=O)O)C(=O)N1CCN(CC)CC1. The Bertz CT molecular complexity index is 343. The van der Waals surface area contributed by atoms with E-state index >= 15 is 0 Å². The smallest absolute Gasteiger partial charge is 0.323 e. The van der Waals surface area contributed by atoms with E-state index in [1.54, 1.807) is 4.90 Å². The fourth-order valence-corrected chi connectivity index (χ4v) is 1.92. The minimum absolute atomic E-state index is 0.0269. The summed E-state index contributed by atoms with van der Waals surface area (Å²) in [5.41, 5.74) is 0. The summed E-state index contributed by atoms with van der Waals surface area (Å²) in [6.07, 6.45) is 5.15. The Kier molecular flexibility index (Phi) is 5.46. The van der Waals surface area contributed by atoms with Crippen LogP contribution in [0.4, 0.5) is 4.79 Å². The van der Waals surface area contributed by atoms with Crippen molar-refractivity contribution in [2.75, 3.05) is 45.8 Å². The largest absolute Gasteiger partial charge is 0.480 e. The molecule has 0 aromatic carbocycles. The average molecular weight is 253 g/mol. The van der Waals surface area contributed by atoms with Crippen LogP contribution in [0.5, 0.6) is 0 Å². The number of amides is 2. The predicted molar refractivity (Wildman–Crippen MR) is 67.1 cm³/mol. The van der Waals surface area contributed by atoms with Crippen molar-refractivity contribution < 1.29 is 14.7 Å². The van der Waals surface area contributed by atoms with Crippen molar-refractivity contribution in [2.24, 2.45) is 0 Å². The highest BCUT2D eigenvalue weighted by atomic mass is 16.4. The second-order valence-electron chi connectivity index (χ2n) is 4.16. The van der Waals surface area contributed by atoms with Crippen LogP contribution in [0.15, 0.2) is 0 Å². The molecule has 2 amide bonds. The number of carboxylic acids is 1. The number of carboxylic acid groups (broad SMARTS) is 1. The first kappa shape index (κ1) is 14.3. The molecule has 1 aliphatic heterocycles. The number of aliphatic carboxylic acids is 1. The van der Waals surface area contributed by atoms with Crippen molar-refractivity contribution in [1.82, 2.24) is 14.7 Å². The van der Waals surface area contributed by atoms with E-state index in [0.717, 1.165) is 19.6 Å². The molecule has 100 valence electrons. The van der Waals surface area contributed by atoms with Crippen LogP contribution in [0.3, 0.4) is 0 Å². The van der Waals surface area contributed by atoms with E-state index in [1.807, 2.05) is 0 Å². The molecular formula is C12H19N3O3. The van der Waals surface area contributed by atoms with Crippen LogP contribution in [-0.4, -0.2) is 77.6 Å². The molecule has 1 N–H and O–H groups in total. The van der Waals surface area contributed by atoms with Gasteiger partial charge in [0.15, 0.2) is 0 Å². The van der Waals surface area contributed by atoms with E-state index in [9.17, 15) is 9.59 Å². The Morgan fingerprint density at radius 3 is 2.39 bits per heavy atom. The normalized spacial score (nSPS) is 16.1. The summed E-state index contributed by atoms with van der Waals surface area (Å²) in [5, 5.41) is 8.75. The predicted octanol–water partition coefficient (Wildman–Crippen LogP) is -0.236. The molecule has 6 heteroatoms. The zero-order valence-corrected chi connectivity index (χ0v) is 10.6. The van der Waals surface area contributed by atoms with E-state index in [2.05, 4.69) is 17.7 Å². The van der Waals surface area contributed by atoms with Gasteiger partial charge < -0.3 is 19.8 Å². The summed E-state index contributed by atoms with van der Waals surface area (Å²) in [6.45, 7) is 5.59. The van der Waals surface area contributed by atoms with Gasteiger partial charge in [0.1, 0.15) is 6.54 Å². The molecule has 0 saturated carbocycles. The first-order valence-corrected chi connectivity index (χ1v) is 6.00. The average Bonchev–Trinajstić information content (AvgIpc) is 2.37. The second kappa shape index (κ2) is 6.87. The Morgan fingerprint density at radius 2 is 1.94 bits per heavy atom. The van der Waals surface area contributed by atoms with Gasteiger partial charge in [-0.25, -0.2) is 4.79 Å². The number of hydrogen-bond acceptors (Lipinski definition) is 3. The number of nitrogens with zero attached hydrogens (tertiary/aromatic N) is 3. The lowest BCUT2D eigenvalue weighted by Gasteiger charge is -2.36. The van der Waals surface area contributed by atoms with Crippen LogP contribution in [0.1, 0.15) is 6.92 Å². The third-order valence-corrected chi connectivity index (χ3v) is 2.97. The summed E-state index contributed by atoms with van der Waals surface area (Å²) in [4.78, 5) is 27.9. The minimum Gasteiger partial charge on any atom is -0.480 e. The molecule has 0 bridgehead atoms. The topological polar surface area (TPSA) is 64.1 Å². The number of carbonyl (C=O) groups is 2. The Hall–Kier alpha value is -1.74. The number of hydrogen-bond donors (Lipinski definition) is 1. The standard InChI is InChI=1S/C12H19N3O3/c1-3-5-15(10-11(16)17)12(18)14-8-6-13(4-2)7-9-14/h1H,4-10H2,2H3,(H,16,17). The fraction of sp³-hybridized carbons (Fsp3) is 0.667. The number of urea groups is 1. The van der Waals surface area contributed by atoms with Gasteiger partial charge in [-0.1, -0.05) is 12.8 Å². The highest BCUT2D eigenvalue weighted by Crippen LogP contribution is 2.05. The van der Waals surface area contributed by atoms with Gasteiger partial charge in [0.05, 0.1) is 6.54 Å². The molecular weight excluding hydrogens is 234 g/mol. The van der Waals surface area contributed by atoms with Gasteiger partial charge in [0.25, 0.3) is 0 Å². The quantitative estimate of drug-likeness (QED) is 0.703. The van der Waals surface area contributed by atoms with Crippen LogP contribution in [0, 0.1) is 12.3 Å². The third-order valence-electron chi connectivity index (χ3n) is 2.97. The molecule has 0 unspecified atom stereocenters. The fourth-order valence-electron chi connectivity index (χ4n) is 1.92. The Balaban J connectivity index is 2.56. The molecule has 0 aromatic heterocycles. The van der Waals surface area contributed by atoms with Gasteiger partial charge in [-0.05, 0) is 6.54 Å². The van der Waals surface area contributed by atoms with E-state index in [0.29, 0.717) is 13.1 Å². The summed E-state index contributed by atoms with van der Waals surface area (Å²) in [5.74, 6) is 1.27. The molecule has 0 aliphatic carbocycles. The summed E-state index contributed by atoms with van der Waals surface area (Å²) < 4.78 is 0. The molecule has 1 fully saturated rings. The molecule has 0 atom stereocenters. The highest BCUT2D eigenvalue weighted by Gasteiger charge is 2.25. The molecule has 1 aliphatic rings. The molecule has 6 nitrogen and oxygen atoms in total. The molecule has 0 radical (unpaired) electrons. The minimum atomic E-state index is -1.05. The monoisotopic (exact) mass is 253 g/mol. The maximum absolute atomic E-state index is 12.1. The summed E-state index contributed by atoms with van der Waals surface area (Å²) in [7, 11) is 0. The van der Waals surface area contributed by atoms with Crippen molar-refractivity contribution in [3.63, 3.8) is 0 Å². The molecule has 0 spiro atoms. The zero-order chi connectivity index (χ0) is 13.5. The Labute approximate surface area is 107 Å².